The summed E-state index contributed by atoms with van der Waals surface area (Å²) >= 11 is 0. The predicted molar refractivity (Wildman–Crippen MR) is 73.2 cm³/mol. The van der Waals surface area contributed by atoms with Gasteiger partial charge in [-0.3, -0.25) is 5.10 Å². The molecule has 2 aromatic heterocycles. The van der Waals surface area contributed by atoms with Crippen molar-refractivity contribution in [2.45, 2.75) is 12.3 Å². The molecule has 3 aromatic rings. The molecule has 106 valence electrons. The van der Waals surface area contributed by atoms with E-state index in [1.165, 1.54) is 0 Å². The van der Waals surface area contributed by atoms with Gasteiger partial charge in [-0.2, -0.15) is 10.3 Å². The zero-order chi connectivity index (χ0) is 14.1. The van der Waals surface area contributed by atoms with Gasteiger partial charge in [0, 0.05) is 23.7 Å². The van der Waals surface area contributed by atoms with E-state index >= 15 is 0 Å². The lowest BCUT2D eigenvalue weighted by Crippen LogP contribution is -1.99. The second kappa shape index (κ2) is 5.06. The Morgan fingerprint density at radius 3 is 2.67 bits per heavy atom. The fourth-order valence-electron chi connectivity index (χ4n) is 2.48. The Hall–Kier alpha value is -2.61. The van der Waals surface area contributed by atoms with Crippen LogP contribution in [0.25, 0.3) is 22.8 Å². The normalized spacial score (nSPS) is 18.2. The maximum Gasteiger partial charge on any atom is 0.205 e. The standard InChI is InChI=1S/C13H13N7O/c1-2-4-10(13-17-19-20-18-13)9(3-1)12-14-11(15-16-12)8-5-6-21-7-8/h1-4,8H,5-7H2,(H,14,15,16)(H,17,18,19,20). The van der Waals surface area contributed by atoms with Crippen molar-refractivity contribution in [2.24, 2.45) is 0 Å². The highest BCUT2D eigenvalue weighted by Gasteiger charge is 2.22. The highest BCUT2D eigenvalue weighted by atomic mass is 16.5. The van der Waals surface area contributed by atoms with Crippen LogP contribution in [0.5, 0.6) is 0 Å². The number of aromatic amines is 2. The molecule has 2 N–H and O–H groups in total. The van der Waals surface area contributed by atoms with E-state index in [9.17, 15) is 0 Å². The van der Waals surface area contributed by atoms with E-state index in [0.29, 0.717) is 24.2 Å². The molecular weight excluding hydrogens is 270 g/mol. The summed E-state index contributed by atoms with van der Waals surface area (Å²) in [6, 6.07) is 7.74. The van der Waals surface area contributed by atoms with Crippen LogP contribution in [-0.4, -0.2) is 49.0 Å². The molecule has 21 heavy (non-hydrogen) atoms. The van der Waals surface area contributed by atoms with Gasteiger partial charge < -0.3 is 4.74 Å². The smallest absolute Gasteiger partial charge is 0.205 e. The van der Waals surface area contributed by atoms with Crippen molar-refractivity contribution in [3.63, 3.8) is 0 Å². The third-order valence-electron chi connectivity index (χ3n) is 3.57. The maximum atomic E-state index is 5.39. The van der Waals surface area contributed by atoms with Crippen LogP contribution >= 0.6 is 0 Å². The molecule has 0 radical (unpaired) electrons. The van der Waals surface area contributed by atoms with Gasteiger partial charge in [-0.05, 0) is 11.6 Å². The lowest BCUT2D eigenvalue weighted by Gasteiger charge is -2.02. The second-order valence-electron chi connectivity index (χ2n) is 4.89. The van der Waals surface area contributed by atoms with Gasteiger partial charge in [0.25, 0.3) is 0 Å². The van der Waals surface area contributed by atoms with Gasteiger partial charge >= 0.3 is 0 Å². The number of hydrogen-bond acceptors (Lipinski definition) is 6. The summed E-state index contributed by atoms with van der Waals surface area (Å²) in [6.45, 7) is 1.47. The summed E-state index contributed by atoms with van der Waals surface area (Å²) in [5.41, 5.74) is 1.72. The van der Waals surface area contributed by atoms with Crippen LogP contribution in [0.2, 0.25) is 0 Å². The maximum absolute atomic E-state index is 5.39. The molecule has 0 saturated carbocycles. The van der Waals surface area contributed by atoms with Crippen LogP contribution in [0.3, 0.4) is 0 Å². The first-order valence-corrected chi connectivity index (χ1v) is 6.75. The first kappa shape index (κ1) is 12.2. The van der Waals surface area contributed by atoms with E-state index in [4.69, 9.17) is 4.74 Å². The number of hydrogen-bond donors (Lipinski definition) is 2. The SMILES string of the molecule is c1ccc(-c2n[nH]c(C3CCOC3)n2)c(-c2nn[nH]n2)c1. The van der Waals surface area contributed by atoms with Crippen LogP contribution in [-0.2, 0) is 4.74 Å². The number of benzene rings is 1. The first-order valence-electron chi connectivity index (χ1n) is 6.75. The Labute approximate surface area is 120 Å². The monoisotopic (exact) mass is 283 g/mol. The van der Waals surface area contributed by atoms with Gasteiger partial charge in [0.05, 0.1) is 6.61 Å². The van der Waals surface area contributed by atoms with Crippen molar-refractivity contribution < 1.29 is 4.74 Å². The first-order chi connectivity index (χ1) is 10.4. The minimum atomic E-state index is 0.295. The minimum absolute atomic E-state index is 0.295. The summed E-state index contributed by atoms with van der Waals surface area (Å²) in [7, 11) is 0. The summed E-state index contributed by atoms with van der Waals surface area (Å²) in [4.78, 5) is 4.60. The van der Waals surface area contributed by atoms with Crippen molar-refractivity contribution in [1.82, 2.24) is 35.8 Å². The molecule has 1 atom stereocenters. The van der Waals surface area contributed by atoms with Gasteiger partial charge in [0.15, 0.2) is 5.82 Å². The third-order valence-corrected chi connectivity index (χ3v) is 3.57. The predicted octanol–water partition coefficient (Wildman–Crippen LogP) is 1.16. The minimum Gasteiger partial charge on any atom is -0.381 e. The van der Waals surface area contributed by atoms with Crippen LogP contribution in [0, 0.1) is 0 Å². The molecule has 1 unspecified atom stereocenters. The topological polar surface area (TPSA) is 105 Å². The zero-order valence-corrected chi connectivity index (χ0v) is 11.2. The highest BCUT2D eigenvalue weighted by molar-refractivity contribution is 5.76. The molecule has 0 spiro atoms. The average molecular weight is 283 g/mol. The van der Waals surface area contributed by atoms with Gasteiger partial charge in [-0.1, -0.05) is 24.3 Å². The van der Waals surface area contributed by atoms with E-state index in [1.807, 2.05) is 24.3 Å². The van der Waals surface area contributed by atoms with Crippen molar-refractivity contribution >= 4 is 0 Å². The van der Waals surface area contributed by atoms with Crippen molar-refractivity contribution in [3.8, 4) is 22.8 Å². The molecule has 1 saturated heterocycles. The fraction of sp³-hybridized carbons (Fsp3) is 0.308. The van der Waals surface area contributed by atoms with Crippen molar-refractivity contribution in [1.29, 1.82) is 0 Å². The van der Waals surface area contributed by atoms with Gasteiger partial charge in [-0.25, -0.2) is 4.98 Å². The summed E-state index contributed by atoms with van der Waals surface area (Å²) in [5, 5.41) is 21.4. The lowest BCUT2D eigenvalue weighted by molar-refractivity contribution is 0.193. The summed E-state index contributed by atoms with van der Waals surface area (Å²) < 4.78 is 5.39. The van der Waals surface area contributed by atoms with E-state index in [0.717, 1.165) is 30.0 Å². The Balaban J connectivity index is 1.74. The van der Waals surface area contributed by atoms with Crippen LogP contribution in [0.4, 0.5) is 0 Å². The summed E-state index contributed by atoms with van der Waals surface area (Å²) in [5.74, 6) is 2.33. The average Bonchev–Trinajstić information content (AvgIpc) is 3.27. The Bertz CT molecular complexity index is 731. The third kappa shape index (κ3) is 2.19. The lowest BCUT2D eigenvalue weighted by atomic mass is 10.1. The van der Waals surface area contributed by atoms with E-state index in [2.05, 4.69) is 35.8 Å². The molecule has 8 nitrogen and oxygen atoms in total. The molecule has 0 aliphatic carbocycles. The highest BCUT2D eigenvalue weighted by Crippen LogP contribution is 2.29. The van der Waals surface area contributed by atoms with Crippen LogP contribution in [0.1, 0.15) is 18.2 Å². The Morgan fingerprint density at radius 1 is 1.10 bits per heavy atom. The molecule has 1 aliphatic rings. The molecule has 4 rings (SSSR count). The number of nitrogens with one attached hydrogen (secondary N) is 2. The molecule has 1 fully saturated rings. The summed E-state index contributed by atoms with van der Waals surface area (Å²) in [6.07, 6.45) is 0.973. The molecular formula is C13H13N7O. The number of ether oxygens (including phenoxy) is 1. The van der Waals surface area contributed by atoms with E-state index < -0.39 is 0 Å². The molecule has 1 aromatic carbocycles. The molecule has 3 heterocycles. The number of rotatable bonds is 3. The number of nitrogens with zero attached hydrogens (tertiary/aromatic N) is 5. The number of aromatic nitrogens is 7. The fourth-order valence-corrected chi connectivity index (χ4v) is 2.48. The zero-order valence-electron chi connectivity index (χ0n) is 11.2. The van der Waals surface area contributed by atoms with Crippen molar-refractivity contribution in [2.75, 3.05) is 13.2 Å². The Morgan fingerprint density at radius 2 is 1.95 bits per heavy atom. The second-order valence-corrected chi connectivity index (χ2v) is 4.89. The molecule has 0 amide bonds. The molecule has 1 aliphatic heterocycles. The van der Waals surface area contributed by atoms with Gasteiger partial charge in [0.2, 0.25) is 5.82 Å². The number of H-pyrrole nitrogens is 2. The Kier molecular flexibility index (Phi) is 2.93. The van der Waals surface area contributed by atoms with Crippen molar-refractivity contribution in [3.05, 3.63) is 30.1 Å². The van der Waals surface area contributed by atoms with Gasteiger partial charge in [0.1, 0.15) is 5.82 Å². The van der Waals surface area contributed by atoms with Crippen LogP contribution in [0.15, 0.2) is 24.3 Å². The largest absolute Gasteiger partial charge is 0.381 e. The van der Waals surface area contributed by atoms with Crippen LogP contribution < -0.4 is 0 Å². The van der Waals surface area contributed by atoms with Gasteiger partial charge in [-0.15, -0.1) is 10.2 Å². The quantitative estimate of drug-likeness (QED) is 0.747. The van der Waals surface area contributed by atoms with E-state index in [-0.39, 0.29) is 0 Å². The number of tetrazole rings is 1. The van der Waals surface area contributed by atoms with E-state index in [1.54, 1.807) is 0 Å². The molecule has 0 bridgehead atoms. The molecule has 8 heteroatoms.